The molecule has 0 radical (unpaired) electrons. The fourth-order valence-electron chi connectivity index (χ4n) is 13.5. The first-order chi connectivity index (χ1) is 38.3. The largest absolute Gasteiger partial charge is 0.311 e. The zero-order chi connectivity index (χ0) is 55.9. The molecule has 0 spiro atoms. The van der Waals surface area contributed by atoms with Crippen LogP contribution in [0.3, 0.4) is 0 Å². The maximum absolute atomic E-state index is 2.58. The van der Waals surface area contributed by atoms with Gasteiger partial charge >= 0.3 is 0 Å². The molecule has 4 aliphatic rings. The van der Waals surface area contributed by atoms with Crippen LogP contribution in [0.2, 0.25) is 0 Å². The zero-order valence-electron chi connectivity index (χ0n) is 49.2. The second-order valence-electron chi connectivity index (χ2n) is 26.3. The Morgan fingerprint density at radius 3 is 1.71 bits per heavy atom. The highest BCUT2D eigenvalue weighted by Crippen LogP contribution is 2.54. The maximum atomic E-state index is 2.58. The maximum Gasteiger partial charge on any atom is 0.0468 e. The Balaban J connectivity index is 1.12. The highest BCUT2D eigenvalue weighted by atomic mass is 15.1. The Kier molecular flexibility index (Phi) is 13.2. The van der Waals surface area contributed by atoms with Gasteiger partial charge in [0.25, 0.3) is 0 Å². The predicted octanol–water partition coefficient (Wildman–Crippen LogP) is 21.3. The minimum absolute atomic E-state index is 0.0260. The number of benzene rings is 8. The highest BCUT2D eigenvalue weighted by Gasteiger charge is 2.40. The van der Waals surface area contributed by atoms with Gasteiger partial charge in [-0.05, 0) is 192 Å². The van der Waals surface area contributed by atoms with Crippen molar-refractivity contribution in [2.45, 2.75) is 124 Å². The van der Waals surface area contributed by atoms with Crippen molar-refractivity contribution in [2.24, 2.45) is 5.92 Å². The lowest BCUT2D eigenvalue weighted by Crippen LogP contribution is -2.20. The van der Waals surface area contributed by atoms with Gasteiger partial charge < -0.3 is 9.80 Å². The molecule has 12 rings (SSSR count). The number of allylic oxidation sites excluding steroid dienone is 8. The van der Waals surface area contributed by atoms with Crippen molar-refractivity contribution in [1.82, 2.24) is 0 Å². The summed E-state index contributed by atoms with van der Waals surface area (Å²) in [6, 6.07) is 71.5. The van der Waals surface area contributed by atoms with Gasteiger partial charge in [0.15, 0.2) is 0 Å². The summed E-state index contributed by atoms with van der Waals surface area (Å²) in [6.45, 7) is 28.3. The second-order valence-corrected chi connectivity index (χ2v) is 26.3. The molecule has 2 heteroatoms. The van der Waals surface area contributed by atoms with E-state index in [0.29, 0.717) is 5.92 Å². The van der Waals surface area contributed by atoms with Crippen LogP contribution in [0, 0.1) is 5.92 Å². The molecule has 0 heterocycles. The average Bonchev–Trinajstić information content (AvgIpc) is 3.82. The molecule has 0 saturated heterocycles. The summed E-state index contributed by atoms with van der Waals surface area (Å²) < 4.78 is 0. The number of hydrogen-bond acceptors (Lipinski definition) is 2. The molecule has 8 aromatic rings. The topological polar surface area (TPSA) is 6.48 Å². The standard InChI is InChI=1S/C78H78N2/c1-51-30-42-66-68-44-32-55(49-73(68)78(11,12)71(66)46-51)74(54-22-21-27-62(47-54)79(58-23-15-13-16-24-58)60-37-33-56(34-38-60)75(3,4)5)69-50-63(80(59-25-17-14-18-26-59)61-39-35-57(36-40-61)76(6,7)8)41-45-64(69)52(2)53-31-43-67-65-28-19-20-29-70(65)77(9,10)72(67)48-53/h13-21,23-45,47-52H,22,46H2,1-12H3/b74-54+. The van der Waals surface area contributed by atoms with Crippen molar-refractivity contribution in [3.63, 3.8) is 0 Å². The smallest absolute Gasteiger partial charge is 0.0468 e. The van der Waals surface area contributed by atoms with Crippen LogP contribution in [0.5, 0.6) is 0 Å². The molecule has 4 aliphatic carbocycles. The SMILES string of the molecule is CC1C=CC2=C(C1)C(C)(C)c1cc(/C(=C3\C=C(N(c4ccccc4)c4ccc(C(C)(C)C)cc4)C=CC3)c3cc(N(c4ccccc4)c4ccc(C(C)(C)C)cc4)ccc3C(C)c3ccc4c(c3)C(C)(C)c3ccccc3-4)ccc12. The Labute approximate surface area is 478 Å². The van der Waals surface area contributed by atoms with Gasteiger partial charge in [0.2, 0.25) is 0 Å². The number of para-hydroxylation sites is 2. The van der Waals surface area contributed by atoms with E-state index in [0.717, 1.165) is 47.0 Å². The van der Waals surface area contributed by atoms with Gasteiger partial charge in [-0.25, -0.2) is 0 Å². The number of fused-ring (bicyclic) bond motifs is 5. The summed E-state index contributed by atoms with van der Waals surface area (Å²) in [6.07, 6.45) is 13.9. The molecule has 2 nitrogen and oxygen atoms in total. The third-order valence-electron chi connectivity index (χ3n) is 18.1. The minimum atomic E-state index is -0.123. The first kappa shape index (κ1) is 52.7. The predicted molar refractivity (Wildman–Crippen MR) is 342 cm³/mol. The Morgan fingerprint density at radius 2 is 1.06 bits per heavy atom. The molecule has 2 atom stereocenters. The third-order valence-corrected chi connectivity index (χ3v) is 18.1. The molecule has 0 saturated carbocycles. The number of nitrogens with zero attached hydrogens (tertiary/aromatic N) is 2. The molecule has 0 bridgehead atoms. The van der Waals surface area contributed by atoms with E-state index in [1.807, 2.05) is 0 Å². The van der Waals surface area contributed by atoms with Crippen LogP contribution in [0.25, 0.3) is 22.3 Å². The summed E-state index contributed by atoms with van der Waals surface area (Å²) >= 11 is 0. The van der Waals surface area contributed by atoms with Gasteiger partial charge in [-0.15, -0.1) is 0 Å². The van der Waals surface area contributed by atoms with Gasteiger partial charge in [-0.3, -0.25) is 0 Å². The summed E-state index contributed by atoms with van der Waals surface area (Å²) in [7, 11) is 0. The van der Waals surface area contributed by atoms with Crippen LogP contribution >= 0.6 is 0 Å². The summed E-state index contributed by atoms with van der Waals surface area (Å²) in [5, 5.41) is 0. The molecule has 400 valence electrons. The van der Waals surface area contributed by atoms with Crippen LogP contribution in [-0.4, -0.2) is 0 Å². The second kappa shape index (κ2) is 20.0. The number of anilines is 5. The summed E-state index contributed by atoms with van der Waals surface area (Å²) in [5.41, 5.74) is 28.1. The fraction of sp³-hybridized carbons (Fsp3) is 0.256. The zero-order valence-corrected chi connectivity index (χ0v) is 49.2. The average molecular weight is 1040 g/mol. The number of rotatable bonds is 10. The van der Waals surface area contributed by atoms with Crippen molar-refractivity contribution in [3.8, 4) is 11.1 Å². The molecule has 0 N–H and O–H groups in total. The van der Waals surface area contributed by atoms with Crippen molar-refractivity contribution < 1.29 is 0 Å². The quantitative estimate of drug-likeness (QED) is 0.135. The van der Waals surface area contributed by atoms with Crippen LogP contribution < -0.4 is 9.80 Å². The molecule has 8 aromatic carbocycles. The molecule has 0 fully saturated rings. The fourth-order valence-corrected chi connectivity index (χ4v) is 13.5. The minimum Gasteiger partial charge on any atom is -0.311 e. The van der Waals surface area contributed by atoms with Gasteiger partial charge in [-0.2, -0.15) is 0 Å². The van der Waals surface area contributed by atoms with Crippen molar-refractivity contribution in [1.29, 1.82) is 0 Å². The van der Waals surface area contributed by atoms with Gasteiger partial charge in [0, 0.05) is 50.9 Å². The van der Waals surface area contributed by atoms with E-state index in [1.165, 1.54) is 83.5 Å². The van der Waals surface area contributed by atoms with Crippen molar-refractivity contribution >= 4 is 39.6 Å². The van der Waals surface area contributed by atoms with Gasteiger partial charge in [0.05, 0.1) is 0 Å². The Bertz CT molecular complexity index is 3840. The molecular formula is C78H78N2. The molecule has 0 aliphatic heterocycles. The lowest BCUT2D eigenvalue weighted by Gasteiger charge is -2.31. The van der Waals surface area contributed by atoms with Crippen LogP contribution in [0.1, 0.15) is 157 Å². The third kappa shape index (κ3) is 9.35. The van der Waals surface area contributed by atoms with Gasteiger partial charge in [0.1, 0.15) is 0 Å². The summed E-state index contributed by atoms with van der Waals surface area (Å²) in [4.78, 5) is 4.90. The summed E-state index contributed by atoms with van der Waals surface area (Å²) in [5.74, 6) is 0.559. The molecule has 2 unspecified atom stereocenters. The van der Waals surface area contributed by atoms with E-state index in [4.69, 9.17) is 0 Å². The highest BCUT2D eigenvalue weighted by molar-refractivity contribution is 5.93. The monoisotopic (exact) mass is 1040 g/mol. The lowest BCUT2D eigenvalue weighted by molar-refractivity contribution is 0.565. The van der Waals surface area contributed by atoms with E-state index in [-0.39, 0.29) is 27.6 Å². The van der Waals surface area contributed by atoms with E-state index >= 15 is 0 Å². The van der Waals surface area contributed by atoms with Crippen LogP contribution in [-0.2, 0) is 21.7 Å². The first-order valence-corrected chi connectivity index (χ1v) is 29.3. The molecule has 0 aromatic heterocycles. The van der Waals surface area contributed by atoms with Crippen molar-refractivity contribution in [3.05, 3.63) is 291 Å². The van der Waals surface area contributed by atoms with Crippen LogP contribution in [0.4, 0.5) is 28.4 Å². The normalized spacial score (nSPS) is 17.8. The van der Waals surface area contributed by atoms with E-state index in [9.17, 15) is 0 Å². The van der Waals surface area contributed by atoms with Crippen LogP contribution in [0.15, 0.2) is 235 Å². The van der Waals surface area contributed by atoms with E-state index < -0.39 is 0 Å². The molecule has 0 amide bonds. The van der Waals surface area contributed by atoms with E-state index in [1.54, 1.807) is 5.57 Å². The van der Waals surface area contributed by atoms with E-state index in [2.05, 4.69) is 311 Å². The lowest BCUT2D eigenvalue weighted by atomic mass is 9.75. The van der Waals surface area contributed by atoms with Gasteiger partial charge in [-0.1, -0.05) is 228 Å². The van der Waals surface area contributed by atoms with Crippen molar-refractivity contribution in [2.75, 3.05) is 9.80 Å². The number of hydrogen-bond donors (Lipinski definition) is 0. The Hall–Kier alpha value is -7.94. The first-order valence-electron chi connectivity index (χ1n) is 29.3. The molecule has 80 heavy (non-hydrogen) atoms. The molecular weight excluding hydrogens is 965 g/mol. The Morgan fingerprint density at radius 1 is 0.512 bits per heavy atom.